The SMILES string of the molecule is CC(C)c1ccccc1NC(=O)CCCNC(=O)c1ccc(Cl)cc1. The van der Waals surface area contributed by atoms with Crippen molar-refractivity contribution in [1.82, 2.24) is 5.32 Å². The Morgan fingerprint density at radius 3 is 2.40 bits per heavy atom. The zero-order valence-electron chi connectivity index (χ0n) is 14.5. The molecular weight excluding hydrogens is 336 g/mol. The summed E-state index contributed by atoms with van der Waals surface area (Å²) in [6.45, 7) is 4.63. The van der Waals surface area contributed by atoms with Gasteiger partial charge in [-0.15, -0.1) is 0 Å². The molecule has 2 N–H and O–H groups in total. The first-order valence-electron chi connectivity index (χ1n) is 8.40. The molecule has 0 aliphatic carbocycles. The Morgan fingerprint density at radius 1 is 1.04 bits per heavy atom. The lowest BCUT2D eigenvalue weighted by Crippen LogP contribution is -2.25. The number of benzene rings is 2. The molecule has 2 aromatic rings. The van der Waals surface area contributed by atoms with Crippen molar-refractivity contribution in [2.75, 3.05) is 11.9 Å². The van der Waals surface area contributed by atoms with Crippen LogP contribution in [0.15, 0.2) is 48.5 Å². The lowest BCUT2D eigenvalue weighted by molar-refractivity contribution is -0.116. The fraction of sp³-hybridized carbons (Fsp3) is 0.300. The van der Waals surface area contributed by atoms with Gasteiger partial charge in [0.05, 0.1) is 0 Å². The zero-order valence-corrected chi connectivity index (χ0v) is 15.3. The van der Waals surface area contributed by atoms with E-state index >= 15 is 0 Å². The van der Waals surface area contributed by atoms with Crippen molar-refractivity contribution in [3.8, 4) is 0 Å². The second-order valence-electron chi connectivity index (χ2n) is 6.16. The highest BCUT2D eigenvalue weighted by Crippen LogP contribution is 2.23. The van der Waals surface area contributed by atoms with Crippen LogP contribution < -0.4 is 10.6 Å². The first kappa shape index (κ1) is 19.0. The second-order valence-corrected chi connectivity index (χ2v) is 6.59. The van der Waals surface area contributed by atoms with Crippen molar-refractivity contribution < 1.29 is 9.59 Å². The van der Waals surface area contributed by atoms with Gasteiger partial charge in [-0.3, -0.25) is 9.59 Å². The highest BCUT2D eigenvalue weighted by atomic mass is 35.5. The van der Waals surface area contributed by atoms with Gasteiger partial charge in [-0.1, -0.05) is 43.6 Å². The van der Waals surface area contributed by atoms with E-state index < -0.39 is 0 Å². The largest absolute Gasteiger partial charge is 0.352 e. The van der Waals surface area contributed by atoms with Gasteiger partial charge in [0.1, 0.15) is 0 Å². The Hall–Kier alpha value is -2.33. The zero-order chi connectivity index (χ0) is 18.2. The van der Waals surface area contributed by atoms with Crippen molar-refractivity contribution in [3.05, 3.63) is 64.7 Å². The van der Waals surface area contributed by atoms with Crippen LogP contribution in [0, 0.1) is 0 Å². The summed E-state index contributed by atoms with van der Waals surface area (Å²) in [5.41, 5.74) is 2.53. The Bertz CT molecular complexity index is 727. The maximum atomic E-state index is 12.1. The molecule has 2 aromatic carbocycles. The third-order valence-corrected chi connectivity index (χ3v) is 4.08. The van der Waals surface area contributed by atoms with Crippen LogP contribution in [-0.2, 0) is 4.79 Å². The van der Waals surface area contributed by atoms with Crippen LogP contribution in [0.3, 0.4) is 0 Å². The maximum Gasteiger partial charge on any atom is 0.251 e. The van der Waals surface area contributed by atoms with Crippen molar-refractivity contribution in [2.45, 2.75) is 32.6 Å². The number of rotatable bonds is 7. The van der Waals surface area contributed by atoms with Gasteiger partial charge in [-0.25, -0.2) is 0 Å². The minimum atomic E-state index is -0.165. The van der Waals surface area contributed by atoms with Gasteiger partial charge in [-0.05, 0) is 48.2 Å². The number of hydrogen-bond donors (Lipinski definition) is 2. The van der Waals surface area contributed by atoms with Crippen LogP contribution >= 0.6 is 11.6 Å². The van der Waals surface area contributed by atoms with Crippen LogP contribution in [0.5, 0.6) is 0 Å². The van der Waals surface area contributed by atoms with Crippen LogP contribution in [0.25, 0.3) is 0 Å². The molecule has 25 heavy (non-hydrogen) atoms. The third kappa shape index (κ3) is 5.91. The number of para-hydroxylation sites is 1. The molecule has 0 aromatic heterocycles. The van der Waals surface area contributed by atoms with Crippen molar-refractivity contribution in [3.63, 3.8) is 0 Å². The van der Waals surface area contributed by atoms with Crippen LogP contribution in [0.1, 0.15) is 48.5 Å². The minimum absolute atomic E-state index is 0.0474. The fourth-order valence-corrected chi connectivity index (χ4v) is 2.61. The molecule has 0 aliphatic heterocycles. The van der Waals surface area contributed by atoms with E-state index in [0.29, 0.717) is 35.9 Å². The molecule has 132 valence electrons. The van der Waals surface area contributed by atoms with E-state index in [0.717, 1.165) is 11.3 Å². The van der Waals surface area contributed by atoms with E-state index in [9.17, 15) is 9.59 Å². The summed E-state index contributed by atoms with van der Waals surface area (Å²) < 4.78 is 0. The summed E-state index contributed by atoms with van der Waals surface area (Å²) in [5, 5.41) is 6.35. The highest BCUT2D eigenvalue weighted by Gasteiger charge is 2.09. The Kier molecular flexibility index (Phi) is 7.02. The highest BCUT2D eigenvalue weighted by molar-refractivity contribution is 6.30. The predicted octanol–water partition coefficient (Wildman–Crippen LogP) is 4.61. The van der Waals surface area contributed by atoms with E-state index in [2.05, 4.69) is 24.5 Å². The van der Waals surface area contributed by atoms with Crippen LogP contribution in [0.2, 0.25) is 5.02 Å². The third-order valence-electron chi connectivity index (χ3n) is 3.83. The Balaban J connectivity index is 1.76. The summed E-state index contributed by atoms with van der Waals surface area (Å²) >= 11 is 5.80. The predicted molar refractivity (Wildman–Crippen MR) is 102 cm³/mol. The van der Waals surface area contributed by atoms with E-state index in [-0.39, 0.29) is 11.8 Å². The molecule has 0 radical (unpaired) electrons. The molecule has 0 fully saturated rings. The monoisotopic (exact) mass is 358 g/mol. The topological polar surface area (TPSA) is 58.2 Å². The van der Waals surface area contributed by atoms with E-state index in [4.69, 9.17) is 11.6 Å². The standard InChI is InChI=1S/C20H23ClN2O2/c1-14(2)17-6-3-4-7-18(17)23-19(24)8-5-13-22-20(25)15-9-11-16(21)12-10-15/h3-4,6-7,9-12,14H,5,8,13H2,1-2H3,(H,22,25)(H,23,24). The molecule has 0 spiro atoms. The van der Waals surface area contributed by atoms with E-state index in [1.807, 2.05) is 24.3 Å². The number of halogens is 1. The lowest BCUT2D eigenvalue weighted by Gasteiger charge is -2.13. The van der Waals surface area contributed by atoms with Crippen molar-refractivity contribution >= 4 is 29.1 Å². The molecule has 0 saturated heterocycles. The first-order valence-corrected chi connectivity index (χ1v) is 8.77. The van der Waals surface area contributed by atoms with Crippen LogP contribution in [0.4, 0.5) is 5.69 Å². The molecular formula is C20H23ClN2O2. The van der Waals surface area contributed by atoms with Crippen molar-refractivity contribution in [1.29, 1.82) is 0 Å². The molecule has 2 amide bonds. The normalized spacial score (nSPS) is 10.6. The van der Waals surface area contributed by atoms with Gasteiger partial charge in [0.25, 0.3) is 5.91 Å². The minimum Gasteiger partial charge on any atom is -0.352 e. The summed E-state index contributed by atoms with van der Waals surface area (Å²) in [6.07, 6.45) is 0.933. The molecule has 2 rings (SSSR count). The molecule has 0 aliphatic rings. The Morgan fingerprint density at radius 2 is 1.72 bits per heavy atom. The number of carbonyl (C=O) groups excluding carboxylic acids is 2. The lowest BCUT2D eigenvalue weighted by atomic mass is 10.0. The summed E-state index contributed by atoms with van der Waals surface area (Å²) in [4.78, 5) is 24.1. The van der Waals surface area contributed by atoms with Crippen LogP contribution in [-0.4, -0.2) is 18.4 Å². The first-order chi connectivity index (χ1) is 12.0. The van der Waals surface area contributed by atoms with E-state index in [1.54, 1.807) is 24.3 Å². The second kappa shape index (κ2) is 9.23. The summed E-state index contributed by atoms with van der Waals surface area (Å²) in [5.74, 6) is 0.131. The fourth-order valence-electron chi connectivity index (χ4n) is 2.48. The summed E-state index contributed by atoms with van der Waals surface area (Å²) in [6, 6.07) is 14.5. The summed E-state index contributed by atoms with van der Waals surface area (Å²) in [7, 11) is 0. The molecule has 0 heterocycles. The van der Waals surface area contributed by atoms with Gasteiger partial charge < -0.3 is 10.6 Å². The van der Waals surface area contributed by atoms with Gasteiger partial charge >= 0.3 is 0 Å². The molecule has 0 bridgehead atoms. The van der Waals surface area contributed by atoms with Crippen molar-refractivity contribution in [2.24, 2.45) is 0 Å². The molecule has 5 heteroatoms. The maximum absolute atomic E-state index is 12.1. The average molecular weight is 359 g/mol. The quantitative estimate of drug-likeness (QED) is 0.710. The number of amides is 2. The average Bonchev–Trinajstić information content (AvgIpc) is 2.59. The van der Waals surface area contributed by atoms with Gasteiger partial charge in [0.2, 0.25) is 5.91 Å². The number of nitrogens with one attached hydrogen (secondary N) is 2. The Labute approximate surface area is 153 Å². The molecule has 0 unspecified atom stereocenters. The number of carbonyl (C=O) groups is 2. The smallest absolute Gasteiger partial charge is 0.251 e. The molecule has 0 saturated carbocycles. The number of hydrogen-bond acceptors (Lipinski definition) is 2. The molecule has 0 atom stereocenters. The van der Waals surface area contributed by atoms with Gasteiger partial charge in [-0.2, -0.15) is 0 Å². The molecule has 4 nitrogen and oxygen atoms in total. The number of anilines is 1. The van der Waals surface area contributed by atoms with E-state index in [1.165, 1.54) is 0 Å². The van der Waals surface area contributed by atoms with Gasteiger partial charge in [0, 0.05) is 29.2 Å². The van der Waals surface area contributed by atoms with Gasteiger partial charge in [0.15, 0.2) is 0 Å².